The molecule has 1 aromatic carbocycles. The molecule has 0 spiro atoms. The molecule has 0 bridgehead atoms. The van der Waals surface area contributed by atoms with Crippen LogP contribution < -0.4 is 5.32 Å². The molecule has 0 radical (unpaired) electrons. The number of ketones is 1. The fraction of sp³-hybridized carbons (Fsp3) is 0.533. The Balaban J connectivity index is 2.54. The van der Waals surface area contributed by atoms with E-state index in [4.69, 9.17) is 0 Å². The van der Waals surface area contributed by atoms with E-state index in [9.17, 15) is 4.79 Å². The first-order chi connectivity index (χ1) is 8.54. The molecule has 3 heteroatoms. The van der Waals surface area contributed by atoms with Gasteiger partial charge < -0.3 is 5.32 Å². The van der Waals surface area contributed by atoms with Gasteiger partial charge in [-0.1, -0.05) is 23.8 Å². The first-order valence-electron chi connectivity index (χ1n) is 6.48. The molecule has 0 aliphatic rings. The van der Waals surface area contributed by atoms with Crippen molar-refractivity contribution in [2.45, 2.75) is 20.3 Å². The Morgan fingerprint density at radius 1 is 1.33 bits per heavy atom. The van der Waals surface area contributed by atoms with Crippen molar-refractivity contribution in [1.82, 2.24) is 10.2 Å². The molecule has 3 nitrogen and oxygen atoms in total. The van der Waals surface area contributed by atoms with Crippen LogP contribution in [-0.4, -0.2) is 44.4 Å². The van der Waals surface area contributed by atoms with Gasteiger partial charge >= 0.3 is 0 Å². The summed E-state index contributed by atoms with van der Waals surface area (Å²) >= 11 is 0. The van der Waals surface area contributed by atoms with Crippen LogP contribution in [0.4, 0.5) is 0 Å². The third-order valence-corrected chi connectivity index (χ3v) is 3.06. The predicted octanol–water partition coefficient (Wildman–Crippen LogP) is 2.03. The van der Waals surface area contributed by atoms with E-state index in [1.54, 1.807) is 0 Å². The maximum Gasteiger partial charge on any atom is 0.177 e. The average molecular weight is 248 g/mol. The number of carbonyl (C=O) groups is 1. The van der Waals surface area contributed by atoms with Crippen LogP contribution in [0.25, 0.3) is 0 Å². The summed E-state index contributed by atoms with van der Waals surface area (Å²) in [6.07, 6.45) is 1.06. The second-order valence-electron chi connectivity index (χ2n) is 4.94. The molecule has 1 rings (SSSR count). The SMILES string of the molecule is CNCCCN(C)CC(=O)c1ccc(C)cc1C. The van der Waals surface area contributed by atoms with Gasteiger partial charge in [0.25, 0.3) is 0 Å². The summed E-state index contributed by atoms with van der Waals surface area (Å²) in [5.41, 5.74) is 3.12. The maximum absolute atomic E-state index is 12.2. The molecule has 0 unspecified atom stereocenters. The van der Waals surface area contributed by atoms with Gasteiger partial charge in [0.15, 0.2) is 5.78 Å². The average Bonchev–Trinajstić information content (AvgIpc) is 2.28. The Morgan fingerprint density at radius 3 is 2.67 bits per heavy atom. The lowest BCUT2D eigenvalue weighted by molar-refractivity contribution is 0.0945. The maximum atomic E-state index is 12.2. The van der Waals surface area contributed by atoms with Crippen LogP contribution in [0.1, 0.15) is 27.9 Å². The van der Waals surface area contributed by atoms with Crippen molar-refractivity contribution in [3.63, 3.8) is 0 Å². The quantitative estimate of drug-likeness (QED) is 0.592. The smallest absolute Gasteiger partial charge is 0.177 e. The fourth-order valence-electron chi connectivity index (χ4n) is 2.06. The number of carbonyl (C=O) groups excluding carboxylic acids is 1. The van der Waals surface area contributed by atoms with Crippen molar-refractivity contribution in [1.29, 1.82) is 0 Å². The van der Waals surface area contributed by atoms with Gasteiger partial charge in [-0.3, -0.25) is 9.69 Å². The van der Waals surface area contributed by atoms with E-state index in [1.807, 2.05) is 40.1 Å². The Hall–Kier alpha value is -1.19. The molecule has 0 saturated heterocycles. The lowest BCUT2D eigenvalue weighted by atomic mass is 10.0. The number of nitrogens with zero attached hydrogens (tertiary/aromatic N) is 1. The number of hydrogen-bond acceptors (Lipinski definition) is 3. The molecule has 18 heavy (non-hydrogen) atoms. The Labute approximate surface area is 110 Å². The van der Waals surface area contributed by atoms with Crippen LogP contribution in [0.3, 0.4) is 0 Å². The van der Waals surface area contributed by atoms with Crippen molar-refractivity contribution in [2.75, 3.05) is 33.7 Å². The van der Waals surface area contributed by atoms with Gasteiger partial charge in [-0.15, -0.1) is 0 Å². The van der Waals surface area contributed by atoms with E-state index in [0.29, 0.717) is 6.54 Å². The summed E-state index contributed by atoms with van der Waals surface area (Å²) in [6, 6.07) is 6.00. The third-order valence-electron chi connectivity index (χ3n) is 3.06. The molecule has 0 heterocycles. The molecule has 100 valence electrons. The molecular formula is C15H24N2O. The van der Waals surface area contributed by atoms with Gasteiger partial charge in [0.2, 0.25) is 0 Å². The third kappa shape index (κ3) is 4.59. The lowest BCUT2D eigenvalue weighted by Gasteiger charge is -2.16. The number of rotatable bonds is 7. The second kappa shape index (κ2) is 7.29. The number of Topliss-reactive ketones (excluding diaryl/α,β-unsaturated/α-hetero) is 1. The summed E-state index contributed by atoms with van der Waals surface area (Å²) < 4.78 is 0. The van der Waals surface area contributed by atoms with Crippen LogP contribution >= 0.6 is 0 Å². The zero-order valence-corrected chi connectivity index (χ0v) is 11.9. The van der Waals surface area contributed by atoms with E-state index in [2.05, 4.69) is 16.3 Å². The van der Waals surface area contributed by atoms with Crippen molar-refractivity contribution >= 4 is 5.78 Å². The van der Waals surface area contributed by atoms with Crippen LogP contribution in [0, 0.1) is 13.8 Å². The summed E-state index contributed by atoms with van der Waals surface area (Å²) in [6.45, 7) is 6.47. The van der Waals surface area contributed by atoms with E-state index in [0.717, 1.165) is 30.6 Å². The first kappa shape index (κ1) is 14.9. The highest BCUT2D eigenvalue weighted by molar-refractivity contribution is 5.98. The minimum absolute atomic E-state index is 0.208. The molecule has 0 aromatic heterocycles. The topological polar surface area (TPSA) is 32.3 Å². The number of likely N-dealkylation sites (N-methyl/N-ethyl adjacent to an activating group) is 1. The van der Waals surface area contributed by atoms with Crippen molar-refractivity contribution < 1.29 is 4.79 Å². The zero-order valence-electron chi connectivity index (χ0n) is 11.9. The fourth-order valence-corrected chi connectivity index (χ4v) is 2.06. The Kier molecular flexibility index (Phi) is 6.02. The molecular weight excluding hydrogens is 224 g/mol. The number of benzene rings is 1. The standard InChI is InChI=1S/C15H24N2O/c1-12-6-7-14(13(2)10-12)15(18)11-17(4)9-5-8-16-3/h6-7,10,16H,5,8-9,11H2,1-4H3. The summed E-state index contributed by atoms with van der Waals surface area (Å²) in [5, 5.41) is 3.11. The predicted molar refractivity (Wildman–Crippen MR) is 76.3 cm³/mol. The highest BCUT2D eigenvalue weighted by atomic mass is 16.1. The molecule has 0 saturated carbocycles. The highest BCUT2D eigenvalue weighted by Gasteiger charge is 2.11. The van der Waals surface area contributed by atoms with Crippen molar-refractivity contribution in [2.24, 2.45) is 0 Å². The van der Waals surface area contributed by atoms with Crippen LogP contribution in [0.2, 0.25) is 0 Å². The van der Waals surface area contributed by atoms with Gasteiger partial charge in [0.1, 0.15) is 0 Å². The van der Waals surface area contributed by atoms with Crippen LogP contribution in [-0.2, 0) is 0 Å². The van der Waals surface area contributed by atoms with Crippen molar-refractivity contribution in [3.05, 3.63) is 34.9 Å². The minimum atomic E-state index is 0.208. The molecule has 0 fully saturated rings. The van der Waals surface area contributed by atoms with Gasteiger partial charge in [-0.05, 0) is 53.0 Å². The van der Waals surface area contributed by atoms with Gasteiger partial charge in [0, 0.05) is 5.56 Å². The molecule has 1 aromatic rings. The van der Waals surface area contributed by atoms with E-state index >= 15 is 0 Å². The second-order valence-corrected chi connectivity index (χ2v) is 4.94. The largest absolute Gasteiger partial charge is 0.320 e. The van der Waals surface area contributed by atoms with Gasteiger partial charge in [-0.25, -0.2) is 0 Å². The number of aryl methyl sites for hydroxylation is 2. The number of nitrogens with one attached hydrogen (secondary N) is 1. The Bertz CT molecular complexity index is 401. The zero-order chi connectivity index (χ0) is 13.5. The molecule has 1 N–H and O–H groups in total. The van der Waals surface area contributed by atoms with Crippen LogP contribution in [0.15, 0.2) is 18.2 Å². The highest BCUT2D eigenvalue weighted by Crippen LogP contribution is 2.11. The van der Waals surface area contributed by atoms with E-state index in [1.165, 1.54) is 5.56 Å². The molecule has 0 aliphatic heterocycles. The number of hydrogen-bond donors (Lipinski definition) is 1. The van der Waals surface area contributed by atoms with Crippen molar-refractivity contribution in [3.8, 4) is 0 Å². The normalized spacial score (nSPS) is 10.9. The monoisotopic (exact) mass is 248 g/mol. The van der Waals surface area contributed by atoms with Gasteiger partial charge in [0.05, 0.1) is 6.54 Å². The summed E-state index contributed by atoms with van der Waals surface area (Å²) in [4.78, 5) is 14.2. The van der Waals surface area contributed by atoms with Crippen LogP contribution in [0.5, 0.6) is 0 Å². The van der Waals surface area contributed by atoms with E-state index < -0.39 is 0 Å². The molecule has 0 amide bonds. The summed E-state index contributed by atoms with van der Waals surface area (Å²) in [5.74, 6) is 0.208. The lowest BCUT2D eigenvalue weighted by Crippen LogP contribution is -2.29. The molecule has 0 atom stereocenters. The minimum Gasteiger partial charge on any atom is -0.320 e. The van der Waals surface area contributed by atoms with E-state index in [-0.39, 0.29) is 5.78 Å². The summed E-state index contributed by atoms with van der Waals surface area (Å²) in [7, 11) is 3.94. The van der Waals surface area contributed by atoms with Gasteiger partial charge in [-0.2, -0.15) is 0 Å². The molecule has 0 aliphatic carbocycles. The first-order valence-corrected chi connectivity index (χ1v) is 6.48. The Morgan fingerprint density at radius 2 is 2.06 bits per heavy atom.